The number of benzene rings is 2. The van der Waals surface area contributed by atoms with E-state index in [9.17, 15) is 0 Å². The third kappa shape index (κ3) is 2.52. The fourth-order valence-corrected chi connectivity index (χ4v) is 2.65. The molecular weight excluding hydrogens is 286 g/mol. The van der Waals surface area contributed by atoms with E-state index >= 15 is 0 Å². The molecule has 0 unspecified atom stereocenters. The van der Waals surface area contributed by atoms with Crippen molar-refractivity contribution in [3.05, 3.63) is 60.8 Å². The lowest BCUT2D eigenvalue weighted by Crippen LogP contribution is -1.95. The zero-order valence-electron chi connectivity index (χ0n) is 12.9. The number of hydrogen-bond acceptors (Lipinski definition) is 3. The number of imidazole rings is 1. The van der Waals surface area contributed by atoms with E-state index < -0.39 is 0 Å². The number of nitrogens with zero attached hydrogens (tertiary/aromatic N) is 3. The van der Waals surface area contributed by atoms with E-state index in [0.29, 0.717) is 0 Å². The molecule has 0 bridgehead atoms. The Morgan fingerprint density at radius 2 is 1.78 bits per heavy atom. The van der Waals surface area contributed by atoms with Gasteiger partial charge in [-0.15, -0.1) is 0 Å². The van der Waals surface area contributed by atoms with Crippen molar-refractivity contribution in [1.82, 2.24) is 14.4 Å². The first kappa shape index (κ1) is 13.8. The molecule has 0 radical (unpaired) electrons. The van der Waals surface area contributed by atoms with Gasteiger partial charge in [0.15, 0.2) is 0 Å². The van der Waals surface area contributed by atoms with Crippen molar-refractivity contribution >= 4 is 16.8 Å². The average Bonchev–Trinajstić information content (AvgIpc) is 2.98. The van der Waals surface area contributed by atoms with Crippen LogP contribution < -0.4 is 4.74 Å². The van der Waals surface area contributed by atoms with Crippen molar-refractivity contribution in [1.29, 1.82) is 0 Å². The summed E-state index contributed by atoms with van der Waals surface area (Å²) in [6.07, 6.45) is 3.03. The summed E-state index contributed by atoms with van der Waals surface area (Å²) in [5.74, 6) is 1.61. The minimum Gasteiger partial charge on any atom is -0.494 e. The van der Waals surface area contributed by atoms with Crippen LogP contribution in [-0.4, -0.2) is 21.0 Å². The minimum atomic E-state index is 0.718. The number of fused-ring (bicyclic) bond motifs is 3. The third-order valence-electron chi connectivity index (χ3n) is 3.80. The third-order valence-corrected chi connectivity index (χ3v) is 3.80. The van der Waals surface area contributed by atoms with Gasteiger partial charge in [0.1, 0.15) is 5.75 Å². The lowest BCUT2D eigenvalue weighted by Gasteiger charge is -2.06. The highest BCUT2D eigenvalue weighted by Crippen LogP contribution is 2.23. The highest BCUT2D eigenvalue weighted by molar-refractivity contribution is 5.79. The van der Waals surface area contributed by atoms with Gasteiger partial charge in [-0.2, -0.15) is 0 Å². The number of hydrogen-bond donors (Lipinski definition) is 0. The maximum absolute atomic E-state index is 5.62. The molecule has 4 nitrogen and oxygen atoms in total. The average molecular weight is 303 g/mol. The van der Waals surface area contributed by atoms with E-state index in [1.165, 1.54) is 0 Å². The van der Waals surface area contributed by atoms with Gasteiger partial charge in [0.2, 0.25) is 5.78 Å². The topological polar surface area (TPSA) is 39.4 Å². The lowest BCUT2D eigenvalue weighted by molar-refractivity contribution is 0.317. The Hall–Kier alpha value is -2.88. The molecule has 2 aromatic heterocycles. The molecule has 2 heterocycles. The van der Waals surface area contributed by atoms with Crippen LogP contribution in [0.3, 0.4) is 0 Å². The first-order valence-electron chi connectivity index (χ1n) is 7.82. The zero-order valence-corrected chi connectivity index (χ0v) is 12.9. The van der Waals surface area contributed by atoms with E-state index in [2.05, 4.69) is 23.0 Å². The maximum Gasteiger partial charge on any atom is 0.235 e. The Labute approximate surface area is 134 Å². The van der Waals surface area contributed by atoms with Gasteiger partial charge < -0.3 is 4.74 Å². The van der Waals surface area contributed by atoms with Crippen LogP contribution in [0.15, 0.2) is 60.8 Å². The first-order valence-corrected chi connectivity index (χ1v) is 7.82. The Balaban J connectivity index is 1.72. The van der Waals surface area contributed by atoms with Crippen LogP contribution in [0.4, 0.5) is 0 Å². The second kappa shape index (κ2) is 5.72. The predicted octanol–water partition coefficient (Wildman–Crippen LogP) is 4.34. The van der Waals surface area contributed by atoms with E-state index in [4.69, 9.17) is 4.74 Å². The molecule has 0 aliphatic carbocycles. The van der Waals surface area contributed by atoms with Gasteiger partial charge in [0.25, 0.3) is 0 Å². The van der Waals surface area contributed by atoms with Crippen molar-refractivity contribution < 1.29 is 4.74 Å². The van der Waals surface area contributed by atoms with Crippen LogP contribution in [0.25, 0.3) is 28.1 Å². The predicted molar refractivity (Wildman–Crippen MR) is 91.7 cm³/mol. The fraction of sp³-hybridized carbons (Fsp3) is 0.158. The molecule has 0 aliphatic heterocycles. The molecule has 0 aliphatic rings. The molecule has 0 fully saturated rings. The van der Waals surface area contributed by atoms with E-state index in [-0.39, 0.29) is 0 Å². The summed E-state index contributed by atoms with van der Waals surface area (Å²) in [5.41, 5.74) is 4.00. The Morgan fingerprint density at radius 3 is 2.61 bits per heavy atom. The Kier molecular flexibility index (Phi) is 3.42. The zero-order chi connectivity index (χ0) is 15.6. The van der Waals surface area contributed by atoms with Crippen LogP contribution in [0.2, 0.25) is 0 Å². The molecule has 4 aromatic rings. The van der Waals surface area contributed by atoms with Gasteiger partial charge in [0.05, 0.1) is 23.3 Å². The largest absolute Gasteiger partial charge is 0.494 e. The standard InChI is InChI=1S/C19H17N3O/c1-2-13-23-15-9-7-14(8-10-15)16-11-12-22-18-6-4-3-5-17(18)21-19(22)20-16/h3-12H,2,13H2,1H3. The fourth-order valence-electron chi connectivity index (χ4n) is 2.65. The number of para-hydroxylation sites is 2. The number of rotatable bonds is 4. The molecule has 0 atom stereocenters. The van der Waals surface area contributed by atoms with Crippen molar-refractivity contribution in [2.75, 3.05) is 6.61 Å². The summed E-state index contributed by atoms with van der Waals surface area (Å²) in [7, 11) is 0. The molecular formula is C19H17N3O. The van der Waals surface area contributed by atoms with Gasteiger partial charge in [-0.3, -0.25) is 4.40 Å². The van der Waals surface area contributed by atoms with Crippen LogP contribution in [0, 0.1) is 0 Å². The van der Waals surface area contributed by atoms with Crippen molar-refractivity contribution in [3.63, 3.8) is 0 Å². The van der Waals surface area contributed by atoms with Gasteiger partial charge in [-0.25, -0.2) is 9.97 Å². The molecule has 0 amide bonds. The van der Waals surface area contributed by atoms with Crippen LogP contribution in [-0.2, 0) is 0 Å². The second-order valence-corrected chi connectivity index (χ2v) is 5.46. The summed E-state index contributed by atoms with van der Waals surface area (Å²) in [6.45, 7) is 2.84. The Bertz CT molecular complexity index is 957. The molecule has 0 spiro atoms. The van der Waals surface area contributed by atoms with Gasteiger partial charge in [-0.1, -0.05) is 19.1 Å². The summed E-state index contributed by atoms with van der Waals surface area (Å²) in [6, 6.07) is 18.1. The van der Waals surface area contributed by atoms with Crippen molar-refractivity contribution in [2.24, 2.45) is 0 Å². The SMILES string of the molecule is CCCOc1ccc(-c2ccn3c(n2)nc2ccccc23)cc1. The van der Waals surface area contributed by atoms with Crippen molar-refractivity contribution in [2.45, 2.75) is 13.3 Å². The summed E-state index contributed by atoms with van der Waals surface area (Å²) in [5, 5.41) is 0. The number of ether oxygens (including phenoxy) is 1. The molecule has 0 saturated carbocycles. The van der Waals surface area contributed by atoms with E-state index in [1.807, 2.05) is 59.1 Å². The Morgan fingerprint density at radius 1 is 0.957 bits per heavy atom. The quantitative estimate of drug-likeness (QED) is 0.563. The smallest absolute Gasteiger partial charge is 0.235 e. The molecule has 0 saturated heterocycles. The molecule has 2 aromatic carbocycles. The molecule has 4 heteroatoms. The van der Waals surface area contributed by atoms with Crippen molar-refractivity contribution in [3.8, 4) is 17.0 Å². The lowest BCUT2D eigenvalue weighted by atomic mass is 10.1. The molecule has 4 rings (SSSR count). The molecule has 23 heavy (non-hydrogen) atoms. The maximum atomic E-state index is 5.62. The summed E-state index contributed by atoms with van der Waals surface area (Å²) in [4.78, 5) is 9.27. The molecule has 114 valence electrons. The number of aromatic nitrogens is 3. The normalized spacial score (nSPS) is 11.2. The van der Waals surface area contributed by atoms with Gasteiger partial charge in [0, 0.05) is 11.8 Å². The van der Waals surface area contributed by atoms with Gasteiger partial charge in [-0.05, 0) is 48.9 Å². The summed E-state index contributed by atoms with van der Waals surface area (Å²) >= 11 is 0. The highest BCUT2D eigenvalue weighted by Gasteiger charge is 2.07. The van der Waals surface area contributed by atoms with Gasteiger partial charge >= 0.3 is 0 Å². The first-order chi connectivity index (χ1) is 11.3. The summed E-state index contributed by atoms with van der Waals surface area (Å²) < 4.78 is 7.63. The van der Waals surface area contributed by atoms with Crippen LogP contribution in [0.5, 0.6) is 5.75 Å². The molecule has 0 N–H and O–H groups in total. The minimum absolute atomic E-state index is 0.718. The highest BCUT2D eigenvalue weighted by atomic mass is 16.5. The van der Waals surface area contributed by atoms with Crippen LogP contribution >= 0.6 is 0 Å². The monoisotopic (exact) mass is 303 g/mol. The van der Waals surface area contributed by atoms with Crippen LogP contribution in [0.1, 0.15) is 13.3 Å². The second-order valence-electron chi connectivity index (χ2n) is 5.46. The van der Waals surface area contributed by atoms with E-state index in [1.54, 1.807) is 0 Å². The van der Waals surface area contributed by atoms with E-state index in [0.717, 1.165) is 46.8 Å².